The van der Waals surface area contributed by atoms with Crippen LogP contribution in [-0.4, -0.2) is 19.3 Å². The standard InChI is InChI=1S/C15H18N4O2/c1-4-18-11-7-5-6-8-12(11)19(15(18)20)9-13-16-14(10(2)3)17-21-13/h5-8,10H,4,9H2,1-3H3. The fraction of sp³-hybridized carbons (Fsp3) is 0.400. The summed E-state index contributed by atoms with van der Waals surface area (Å²) in [7, 11) is 0. The average Bonchev–Trinajstić information content (AvgIpc) is 3.04. The van der Waals surface area contributed by atoms with Crippen molar-refractivity contribution in [3.05, 3.63) is 46.5 Å². The predicted molar refractivity (Wildman–Crippen MR) is 79.4 cm³/mol. The molecule has 0 aliphatic rings. The van der Waals surface area contributed by atoms with E-state index in [1.54, 1.807) is 9.13 Å². The van der Waals surface area contributed by atoms with Gasteiger partial charge in [-0.1, -0.05) is 31.1 Å². The normalized spacial score (nSPS) is 11.6. The van der Waals surface area contributed by atoms with Gasteiger partial charge in [0.25, 0.3) is 0 Å². The van der Waals surface area contributed by atoms with Gasteiger partial charge in [-0.15, -0.1) is 0 Å². The summed E-state index contributed by atoms with van der Waals surface area (Å²) in [4.78, 5) is 16.8. The van der Waals surface area contributed by atoms with Crippen LogP contribution in [0.15, 0.2) is 33.6 Å². The molecule has 0 saturated carbocycles. The molecule has 110 valence electrons. The molecule has 6 heteroatoms. The second-order valence-corrected chi connectivity index (χ2v) is 5.30. The third kappa shape index (κ3) is 2.26. The van der Waals surface area contributed by atoms with E-state index in [4.69, 9.17) is 4.52 Å². The van der Waals surface area contributed by atoms with Gasteiger partial charge in [-0.05, 0) is 19.1 Å². The lowest BCUT2D eigenvalue weighted by Crippen LogP contribution is -2.24. The molecule has 2 heterocycles. The first-order valence-electron chi connectivity index (χ1n) is 7.12. The molecule has 0 unspecified atom stereocenters. The number of benzene rings is 1. The number of fused-ring (bicyclic) bond motifs is 1. The third-order valence-electron chi connectivity index (χ3n) is 3.53. The third-order valence-corrected chi connectivity index (χ3v) is 3.53. The summed E-state index contributed by atoms with van der Waals surface area (Å²) in [6, 6.07) is 7.74. The number of rotatable bonds is 4. The van der Waals surface area contributed by atoms with Gasteiger partial charge in [0.2, 0.25) is 5.89 Å². The molecule has 0 aliphatic heterocycles. The quantitative estimate of drug-likeness (QED) is 0.738. The summed E-state index contributed by atoms with van der Waals surface area (Å²) < 4.78 is 8.67. The van der Waals surface area contributed by atoms with E-state index < -0.39 is 0 Å². The van der Waals surface area contributed by atoms with Crippen LogP contribution in [0, 0.1) is 0 Å². The van der Waals surface area contributed by atoms with Crippen molar-refractivity contribution in [2.24, 2.45) is 0 Å². The maximum absolute atomic E-state index is 12.5. The first-order valence-corrected chi connectivity index (χ1v) is 7.12. The van der Waals surface area contributed by atoms with Crippen molar-refractivity contribution in [3.8, 4) is 0 Å². The van der Waals surface area contributed by atoms with Crippen LogP contribution in [0.4, 0.5) is 0 Å². The Labute approximate surface area is 122 Å². The van der Waals surface area contributed by atoms with Crippen molar-refractivity contribution in [3.63, 3.8) is 0 Å². The number of aromatic nitrogens is 4. The van der Waals surface area contributed by atoms with Gasteiger partial charge in [0.15, 0.2) is 5.82 Å². The van der Waals surface area contributed by atoms with Crippen molar-refractivity contribution < 1.29 is 4.52 Å². The molecule has 6 nitrogen and oxygen atoms in total. The Balaban J connectivity index is 2.07. The minimum atomic E-state index is -0.0528. The molecule has 0 atom stereocenters. The van der Waals surface area contributed by atoms with E-state index in [-0.39, 0.29) is 11.6 Å². The highest BCUT2D eigenvalue weighted by atomic mass is 16.5. The zero-order valence-corrected chi connectivity index (χ0v) is 12.4. The largest absolute Gasteiger partial charge is 0.337 e. The van der Waals surface area contributed by atoms with Gasteiger partial charge in [0, 0.05) is 12.5 Å². The minimum absolute atomic E-state index is 0.0528. The molecular formula is C15H18N4O2. The molecule has 0 spiro atoms. The number of para-hydroxylation sites is 2. The molecule has 0 aliphatic carbocycles. The molecular weight excluding hydrogens is 268 g/mol. The highest BCUT2D eigenvalue weighted by Gasteiger charge is 2.15. The van der Waals surface area contributed by atoms with E-state index in [1.165, 1.54) is 0 Å². The van der Waals surface area contributed by atoms with Crippen LogP contribution in [0.1, 0.15) is 38.4 Å². The summed E-state index contributed by atoms with van der Waals surface area (Å²) in [6.07, 6.45) is 0. The molecule has 3 aromatic rings. The van der Waals surface area contributed by atoms with Gasteiger partial charge in [-0.25, -0.2) is 4.79 Å². The second-order valence-electron chi connectivity index (χ2n) is 5.30. The van der Waals surface area contributed by atoms with Gasteiger partial charge >= 0.3 is 5.69 Å². The van der Waals surface area contributed by atoms with Crippen molar-refractivity contribution in [1.29, 1.82) is 0 Å². The molecule has 1 aromatic carbocycles. The fourth-order valence-electron chi connectivity index (χ4n) is 2.43. The van der Waals surface area contributed by atoms with Crippen LogP contribution < -0.4 is 5.69 Å². The second kappa shape index (κ2) is 5.20. The van der Waals surface area contributed by atoms with Crippen molar-refractivity contribution in [2.75, 3.05) is 0 Å². The summed E-state index contributed by atoms with van der Waals surface area (Å²) in [5.74, 6) is 1.33. The zero-order chi connectivity index (χ0) is 15.0. The van der Waals surface area contributed by atoms with Gasteiger partial charge in [-0.2, -0.15) is 4.98 Å². The Morgan fingerprint density at radius 2 is 1.86 bits per heavy atom. The van der Waals surface area contributed by atoms with E-state index in [0.717, 1.165) is 11.0 Å². The van der Waals surface area contributed by atoms with Gasteiger partial charge in [-0.3, -0.25) is 9.13 Å². The SMILES string of the molecule is CCn1c(=O)n(Cc2nc(C(C)C)no2)c2ccccc21. The zero-order valence-electron chi connectivity index (χ0n) is 12.4. The van der Waals surface area contributed by atoms with Crippen LogP contribution in [-0.2, 0) is 13.1 Å². The molecule has 21 heavy (non-hydrogen) atoms. The Morgan fingerprint density at radius 3 is 2.43 bits per heavy atom. The molecule has 0 saturated heterocycles. The fourth-order valence-corrected chi connectivity index (χ4v) is 2.43. The van der Waals surface area contributed by atoms with Crippen LogP contribution in [0.2, 0.25) is 0 Å². The number of hydrogen-bond acceptors (Lipinski definition) is 4. The molecule has 2 aromatic heterocycles. The summed E-state index contributed by atoms with van der Waals surface area (Å²) in [5.41, 5.74) is 1.75. The highest BCUT2D eigenvalue weighted by molar-refractivity contribution is 5.76. The predicted octanol–water partition coefficient (Wildman–Crippen LogP) is 2.38. The van der Waals surface area contributed by atoms with E-state index in [9.17, 15) is 4.79 Å². The van der Waals surface area contributed by atoms with Crippen LogP contribution in [0.3, 0.4) is 0 Å². The number of imidazole rings is 1. The van der Waals surface area contributed by atoms with E-state index in [2.05, 4.69) is 10.1 Å². The maximum atomic E-state index is 12.5. The molecule has 0 fully saturated rings. The average molecular weight is 286 g/mol. The lowest BCUT2D eigenvalue weighted by molar-refractivity contribution is 0.364. The molecule has 0 bridgehead atoms. The monoisotopic (exact) mass is 286 g/mol. The number of aryl methyl sites for hydroxylation is 1. The Morgan fingerprint density at radius 1 is 1.19 bits per heavy atom. The Hall–Kier alpha value is -2.37. The van der Waals surface area contributed by atoms with E-state index in [1.807, 2.05) is 45.0 Å². The Bertz CT molecular complexity index is 826. The minimum Gasteiger partial charge on any atom is -0.337 e. The van der Waals surface area contributed by atoms with Gasteiger partial charge < -0.3 is 4.52 Å². The van der Waals surface area contributed by atoms with Crippen LogP contribution in [0.25, 0.3) is 11.0 Å². The highest BCUT2D eigenvalue weighted by Crippen LogP contribution is 2.15. The van der Waals surface area contributed by atoms with Crippen molar-refractivity contribution >= 4 is 11.0 Å². The molecule has 0 radical (unpaired) electrons. The van der Waals surface area contributed by atoms with Crippen molar-refractivity contribution in [2.45, 2.75) is 39.8 Å². The Kier molecular flexibility index (Phi) is 3.37. The summed E-state index contributed by atoms with van der Waals surface area (Å²) in [5, 5.41) is 3.94. The number of nitrogens with zero attached hydrogens (tertiary/aromatic N) is 4. The molecule has 0 amide bonds. The molecule has 3 rings (SSSR count). The summed E-state index contributed by atoms with van der Waals surface area (Å²) >= 11 is 0. The summed E-state index contributed by atoms with van der Waals surface area (Å²) in [6.45, 7) is 6.90. The van der Waals surface area contributed by atoms with Gasteiger partial charge in [0.1, 0.15) is 6.54 Å². The lowest BCUT2D eigenvalue weighted by atomic mass is 10.2. The maximum Gasteiger partial charge on any atom is 0.329 e. The van der Waals surface area contributed by atoms with Gasteiger partial charge in [0.05, 0.1) is 11.0 Å². The molecule has 0 N–H and O–H groups in total. The first-order chi connectivity index (χ1) is 10.1. The smallest absolute Gasteiger partial charge is 0.329 e. The number of hydrogen-bond donors (Lipinski definition) is 0. The van der Waals surface area contributed by atoms with E-state index in [0.29, 0.717) is 24.8 Å². The van der Waals surface area contributed by atoms with E-state index >= 15 is 0 Å². The van der Waals surface area contributed by atoms with Crippen LogP contribution in [0.5, 0.6) is 0 Å². The lowest BCUT2D eigenvalue weighted by Gasteiger charge is -1.98. The topological polar surface area (TPSA) is 65.8 Å². The first kappa shape index (κ1) is 13.6. The van der Waals surface area contributed by atoms with Crippen molar-refractivity contribution in [1.82, 2.24) is 19.3 Å². The van der Waals surface area contributed by atoms with Crippen LogP contribution >= 0.6 is 0 Å².